The first-order chi connectivity index (χ1) is 4.26. The Hall–Kier alpha value is -0.0900. The molecule has 0 fully saturated rings. The highest BCUT2D eigenvalue weighted by Gasteiger charge is 2.15. The lowest BCUT2D eigenvalue weighted by Crippen LogP contribution is -2.16. The Morgan fingerprint density at radius 2 is 2.44 bits per heavy atom. The van der Waals surface area contributed by atoms with Gasteiger partial charge in [-0.1, -0.05) is 6.92 Å². The van der Waals surface area contributed by atoms with Gasteiger partial charge in [0.2, 0.25) is 0 Å². The minimum atomic E-state index is -0.417. The largest absolute Gasteiger partial charge is 0.395 e. The molecule has 0 aliphatic rings. The Labute approximate surface area is 62.5 Å². The maximum absolute atomic E-state index is 10.5. The Bertz CT molecular complexity index is 90.2. The molecule has 9 heavy (non-hydrogen) atoms. The van der Waals surface area contributed by atoms with Crippen LogP contribution in [0.4, 0.5) is 0 Å². The van der Waals surface area contributed by atoms with Gasteiger partial charge >= 0.3 is 5.97 Å². The van der Waals surface area contributed by atoms with Crippen LogP contribution in [-0.4, -0.2) is 17.7 Å². The van der Waals surface area contributed by atoms with Crippen LogP contribution >= 0.6 is 16.3 Å². The number of carbonyl (C=O) groups excluding carboxylic acids is 1. The van der Waals surface area contributed by atoms with Crippen LogP contribution in [0.5, 0.6) is 0 Å². The van der Waals surface area contributed by atoms with Gasteiger partial charge in [-0.3, -0.25) is 4.79 Å². The van der Waals surface area contributed by atoms with Gasteiger partial charge in [-0.05, 0) is 6.42 Å². The van der Waals surface area contributed by atoms with Crippen LogP contribution in [0.3, 0.4) is 0 Å². The van der Waals surface area contributed by atoms with Gasteiger partial charge in [-0.2, -0.15) is 0 Å². The lowest BCUT2D eigenvalue weighted by Gasteiger charge is -2.04. The zero-order chi connectivity index (χ0) is 7.28. The summed E-state index contributed by atoms with van der Waals surface area (Å²) in [6, 6.07) is 0. The molecule has 0 amide bonds. The van der Waals surface area contributed by atoms with Crippen LogP contribution in [0.2, 0.25) is 0 Å². The maximum atomic E-state index is 10.5. The second-order valence-corrected chi connectivity index (χ2v) is 2.01. The Kier molecular flexibility index (Phi) is 4.71. The highest BCUT2D eigenvalue weighted by atomic mass is 79.9. The fourth-order valence-electron chi connectivity index (χ4n) is 0.433. The first kappa shape index (κ1) is 8.91. The molecule has 0 aliphatic carbocycles. The van der Waals surface area contributed by atoms with Crippen molar-refractivity contribution in [2.45, 2.75) is 13.3 Å². The van der Waals surface area contributed by atoms with Gasteiger partial charge < -0.3 is 8.93 Å². The summed E-state index contributed by atoms with van der Waals surface area (Å²) in [5.74, 6) is -0.802. The summed E-state index contributed by atoms with van der Waals surface area (Å²) in [5.41, 5.74) is 0. The van der Waals surface area contributed by atoms with Crippen LogP contribution < -0.4 is 0 Å². The number of aliphatic hydroxyl groups is 1. The standard InChI is InChI=1S/C5H9BrO3/c1-2-4(3-7)5(8)9-6/h4,7H,2-3H2,1H3/t4-/m1/s1. The molecule has 0 saturated carbocycles. The Balaban J connectivity index is 3.64. The summed E-state index contributed by atoms with van der Waals surface area (Å²) < 4.78 is 4.21. The quantitative estimate of drug-likeness (QED) is 0.729. The molecule has 0 aliphatic heterocycles. The molecule has 0 bridgehead atoms. The SMILES string of the molecule is CC[C@H](CO)C(=O)OBr. The molecular weight excluding hydrogens is 188 g/mol. The van der Waals surface area contributed by atoms with Crippen molar-refractivity contribution in [3.63, 3.8) is 0 Å². The molecule has 0 rings (SSSR count). The lowest BCUT2D eigenvalue weighted by molar-refractivity contribution is -0.138. The molecule has 0 aromatic heterocycles. The molecule has 0 heterocycles. The van der Waals surface area contributed by atoms with Crippen molar-refractivity contribution in [2.24, 2.45) is 5.92 Å². The Morgan fingerprint density at radius 1 is 1.89 bits per heavy atom. The van der Waals surface area contributed by atoms with E-state index in [2.05, 4.69) is 20.1 Å². The molecular formula is C5H9BrO3. The van der Waals surface area contributed by atoms with Gasteiger partial charge in [0.05, 0.1) is 12.5 Å². The van der Waals surface area contributed by atoms with Crippen molar-refractivity contribution < 1.29 is 13.7 Å². The average Bonchev–Trinajstić information content (AvgIpc) is 1.90. The number of aliphatic hydroxyl groups excluding tert-OH is 1. The van der Waals surface area contributed by atoms with Crippen molar-refractivity contribution >= 4 is 22.2 Å². The summed E-state index contributed by atoms with van der Waals surface area (Å²) in [6.07, 6.45) is 0.598. The maximum Gasteiger partial charge on any atom is 0.322 e. The number of carbonyl (C=O) groups is 1. The topological polar surface area (TPSA) is 46.5 Å². The predicted octanol–water partition coefficient (Wildman–Crippen LogP) is 0.858. The number of rotatable bonds is 3. The van der Waals surface area contributed by atoms with Crippen molar-refractivity contribution in [1.29, 1.82) is 0 Å². The van der Waals surface area contributed by atoms with E-state index in [0.717, 1.165) is 0 Å². The predicted molar refractivity (Wildman–Crippen MR) is 35.9 cm³/mol. The summed E-state index contributed by atoms with van der Waals surface area (Å²) in [7, 11) is 0. The van der Waals surface area contributed by atoms with E-state index >= 15 is 0 Å². The monoisotopic (exact) mass is 196 g/mol. The minimum absolute atomic E-state index is 0.152. The van der Waals surface area contributed by atoms with Crippen LogP contribution in [0.25, 0.3) is 0 Å². The molecule has 4 heteroatoms. The van der Waals surface area contributed by atoms with E-state index in [4.69, 9.17) is 5.11 Å². The zero-order valence-electron chi connectivity index (χ0n) is 5.13. The second-order valence-electron chi connectivity index (χ2n) is 1.68. The second kappa shape index (κ2) is 4.76. The molecule has 54 valence electrons. The summed E-state index contributed by atoms with van der Waals surface area (Å²) in [6.45, 7) is 1.66. The molecule has 1 atom stereocenters. The fraction of sp³-hybridized carbons (Fsp3) is 0.800. The minimum Gasteiger partial charge on any atom is -0.395 e. The van der Waals surface area contributed by atoms with Gasteiger partial charge in [-0.25, -0.2) is 0 Å². The van der Waals surface area contributed by atoms with Gasteiger partial charge in [0.15, 0.2) is 16.3 Å². The van der Waals surface area contributed by atoms with E-state index < -0.39 is 5.97 Å². The van der Waals surface area contributed by atoms with Crippen LogP contribution in [0.15, 0.2) is 0 Å². The highest BCUT2D eigenvalue weighted by molar-refractivity contribution is 9.06. The van der Waals surface area contributed by atoms with Crippen molar-refractivity contribution in [3.8, 4) is 0 Å². The van der Waals surface area contributed by atoms with E-state index in [1.54, 1.807) is 0 Å². The lowest BCUT2D eigenvalue weighted by atomic mass is 10.1. The molecule has 0 aromatic carbocycles. The molecule has 0 saturated heterocycles. The van der Waals surface area contributed by atoms with Crippen LogP contribution in [0.1, 0.15) is 13.3 Å². The smallest absolute Gasteiger partial charge is 0.322 e. The molecule has 1 N–H and O–H groups in total. The molecule has 3 nitrogen and oxygen atoms in total. The van der Waals surface area contributed by atoms with E-state index in [1.165, 1.54) is 0 Å². The molecule has 0 aromatic rings. The third-order valence-electron chi connectivity index (χ3n) is 1.12. The Morgan fingerprint density at radius 3 is 2.56 bits per heavy atom. The fourth-order valence-corrected chi connectivity index (χ4v) is 0.698. The molecule has 0 spiro atoms. The van der Waals surface area contributed by atoms with Gasteiger partial charge in [0.1, 0.15) is 0 Å². The summed E-state index contributed by atoms with van der Waals surface area (Å²) >= 11 is 2.54. The van der Waals surface area contributed by atoms with Gasteiger partial charge in [0, 0.05) is 0 Å². The highest BCUT2D eigenvalue weighted by Crippen LogP contribution is 2.05. The normalized spacial score (nSPS) is 12.8. The van der Waals surface area contributed by atoms with Crippen molar-refractivity contribution in [2.75, 3.05) is 6.61 Å². The van der Waals surface area contributed by atoms with Crippen LogP contribution in [0, 0.1) is 5.92 Å². The zero-order valence-corrected chi connectivity index (χ0v) is 6.72. The molecule has 0 radical (unpaired) electrons. The van der Waals surface area contributed by atoms with Gasteiger partial charge in [-0.15, -0.1) is 0 Å². The van der Waals surface area contributed by atoms with Crippen molar-refractivity contribution in [3.05, 3.63) is 0 Å². The van der Waals surface area contributed by atoms with E-state index in [0.29, 0.717) is 6.42 Å². The first-order valence-corrected chi connectivity index (χ1v) is 3.34. The van der Waals surface area contributed by atoms with Gasteiger partial charge in [0.25, 0.3) is 0 Å². The first-order valence-electron chi connectivity index (χ1n) is 2.69. The van der Waals surface area contributed by atoms with E-state index in [1.807, 2.05) is 6.92 Å². The summed E-state index contributed by atoms with van der Waals surface area (Å²) in [5, 5.41) is 8.51. The summed E-state index contributed by atoms with van der Waals surface area (Å²) in [4.78, 5) is 10.5. The average molecular weight is 197 g/mol. The van der Waals surface area contributed by atoms with Crippen LogP contribution in [-0.2, 0) is 8.62 Å². The number of halogens is 1. The molecule has 0 unspecified atom stereocenters. The van der Waals surface area contributed by atoms with E-state index in [-0.39, 0.29) is 12.5 Å². The third-order valence-corrected chi connectivity index (χ3v) is 1.44. The van der Waals surface area contributed by atoms with E-state index in [9.17, 15) is 4.79 Å². The third kappa shape index (κ3) is 2.81. The van der Waals surface area contributed by atoms with Crippen molar-refractivity contribution in [1.82, 2.24) is 0 Å². The number of hydrogen-bond donors (Lipinski definition) is 1. The number of hydrogen-bond acceptors (Lipinski definition) is 3.